The summed E-state index contributed by atoms with van der Waals surface area (Å²) in [6.07, 6.45) is -0.379. The van der Waals surface area contributed by atoms with Gasteiger partial charge in [-0.15, -0.1) is 0 Å². The van der Waals surface area contributed by atoms with Gasteiger partial charge in [0.2, 0.25) is 0 Å². The third-order valence-electron chi connectivity index (χ3n) is 4.18. The number of aryl methyl sites for hydroxylation is 1. The van der Waals surface area contributed by atoms with Crippen molar-refractivity contribution in [2.45, 2.75) is 19.4 Å². The fourth-order valence-corrected chi connectivity index (χ4v) is 3.08. The highest BCUT2D eigenvalue weighted by atomic mass is 35.5. The van der Waals surface area contributed by atoms with Gasteiger partial charge in [-0.1, -0.05) is 17.7 Å². The largest absolute Gasteiger partial charge is 0.481 e. The average Bonchev–Trinajstić information content (AvgIpc) is 2.46. The predicted molar refractivity (Wildman–Crippen MR) is 85.5 cm³/mol. The molecule has 2 aromatic rings. The van der Waals surface area contributed by atoms with E-state index in [2.05, 4.69) is 4.98 Å². The molecule has 0 bridgehead atoms. The summed E-state index contributed by atoms with van der Waals surface area (Å²) in [5.41, 5.74) is 1.86. The number of benzene rings is 1. The maximum Gasteiger partial charge on any atom is 0.310 e. The number of rotatable bonds is 2. The molecule has 0 saturated carbocycles. The van der Waals surface area contributed by atoms with E-state index in [-0.39, 0.29) is 6.54 Å². The van der Waals surface area contributed by atoms with Gasteiger partial charge in [-0.2, -0.15) is 0 Å². The zero-order valence-electron chi connectivity index (χ0n) is 12.2. The zero-order valence-corrected chi connectivity index (χ0v) is 12.9. The van der Waals surface area contributed by atoms with Crippen LogP contribution in [0.1, 0.15) is 12.0 Å². The number of hydrogen-bond acceptors (Lipinski definition) is 4. The van der Waals surface area contributed by atoms with Crippen molar-refractivity contribution in [1.82, 2.24) is 4.98 Å². The standard InChI is InChI=1S/C16H17ClN2O3/c1-9-6-15(18-13-7-10(17)2-3-11(9)13)19-5-4-14(20)12(8-19)16(21)22/h2-3,6-7,12,14,20H,4-5,8H2,1H3,(H,21,22)/t12-,14-/m0/s1. The van der Waals surface area contributed by atoms with Crippen molar-refractivity contribution in [1.29, 1.82) is 0 Å². The Balaban J connectivity index is 1.97. The number of aliphatic hydroxyl groups is 1. The van der Waals surface area contributed by atoms with Crippen LogP contribution in [0.25, 0.3) is 10.9 Å². The summed E-state index contributed by atoms with van der Waals surface area (Å²) in [6.45, 7) is 2.84. The second-order valence-electron chi connectivity index (χ2n) is 5.71. The van der Waals surface area contributed by atoms with Crippen molar-refractivity contribution >= 4 is 34.3 Å². The van der Waals surface area contributed by atoms with Crippen LogP contribution < -0.4 is 4.90 Å². The molecule has 1 aromatic carbocycles. The molecule has 0 aliphatic carbocycles. The van der Waals surface area contributed by atoms with Crippen molar-refractivity contribution in [2.75, 3.05) is 18.0 Å². The molecule has 1 aliphatic rings. The molecule has 0 amide bonds. The van der Waals surface area contributed by atoms with E-state index in [0.717, 1.165) is 22.3 Å². The first-order chi connectivity index (χ1) is 10.5. The molecule has 1 fully saturated rings. The number of aromatic nitrogens is 1. The van der Waals surface area contributed by atoms with Crippen LogP contribution >= 0.6 is 11.6 Å². The molecule has 5 nitrogen and oxygen atoms in total. The van der Waals surface area contributed by atoms with E-state index in [9.17, 15) is 15.0 Å². The Kier molecular flexibility index (Phi) is 3.93. The molecule has 0 spiro atoms. The molecule has 1 aliphatic heterocycles. The molecule has 2 atom stereocenters. The van der Waals surface area contributed by atoms with E-state index < -0.39 is 18.0 Å². The van der Waals surface area contributed by atoms with Crippen LogP contribution in [0, 0.1) is 12.8 Å². The van der Waals surface area contributed by atoms with E-state index in [1.54, 1.807) is 6.07 Å². The number of halogens is 1. The van der Waals surface area contributed by atoms with Crippen LogP contribution in [-0.4, -0.2) is 40.4 Å². The Hall–Kier alpha value is -1.85. The molecule has 1 saturated heterocycles. The lowest BCUT2D eigenvalue weighted by molar-refractivity contribution is -0.146. The minimum Gasteiger partial charge on any atom is -0.481 e. The Labute approximate surface area is 133 Å². The lowest BCUT2D eigenvalue weighted by Crippen LogP contribution is -2.46. The zero-order chi connectivity index (χ0) is 15.9. The second kappa shape index (κ2) is 5.74. The lowest BCUT2D eigenvalue weighted by Gasteiger charge is -2.35. The smallest absolute Gasteiger partial charge is 0.310 e. The van der Waals surface area contributed by atoms with Gasteiger partial charge in [-0.25, -0.2) is 4.98 Å². The van der Waals surface area contributed by atoms with E-state index in [0.29, 0.717) is 18.0 Å². The Morgan fingerprint density at radius 3 is 2.91 bits per heavy atom. The van der Waals surface area contributed by atoms with Crippen molar-refractivity contribution in [2.24, 2.45) is 5.92 Å². The number of carboxylic acid groups (broad SMARTS) is 1. The number of piperidine rings is 1. The number of hydrogen-bond donors (Lipinski definition) is 2. The van der Waals surface area contributed by atoms with Gasteiger partial charge in [0, 0.05) is 23.5 Å². The Bertz CT molecular complexity index is 735. The summed E-state index contributed by atoms with van der Waals surface area (Å²) in [7, 11) is 0. The Morgan fingerprint density at radius 1 is 1.41 bits per heavy atom. The highest BCUT2D eigenvalue weighted by Crippen LogP contribution is 2.28. The summed E-state index contributed by atoms with van der Waals surface area (Å²) in [4.78, 5) is 17.8. The average molecular weight is 321 g/mol. The van der Waals surface area contributed by atoms with E-state index in [1.165, 1.54) is 0 Å². The molecule has 0 unspecified atom stereocenters. The van der Waals surface area contributed by atoms with Crippen molar-refractivity contribution < 1.29 is 15.0 Å². The van der Waals surface area contributed by atoms with Gasteiger partial charge >= 0.3 is 5.97 Å². The fraction of sp³-hybridized carbons (Fsp3) is 0.375. The van der Waals surface area contributed by atoms with Crippen LogP contribution in [-0.2, 0) is 4.79 Å². The number of carboxylic acids is 1. The first-order valence-corrected chi connectivity index (χ1v) is 7.56. The maximum atomic E-state index is 11.2. The van der Waals surface area contributed by atoms with Gasteiger partial charge in [0.05, 0.1) is 11.6 Å². The molecular formula is C16H17ClN2O3. The number of aliphatic hydroxyl groups excluding tert-OH is 1. The monoisotopic (exact) mass is 320 g/mol. The van der Waals surface area contributed by atoms with Crippen LogP contribution in [0.3, 0.4) is 0 Å². The molecule has 116 valence electrons. The minimum atomic E-state index is -0.974. The molecule has 2 heterocycles. The second-order valence-corrected chi connectivity index (χ2v) is 6.14. The van der Waals surface area contributed by atoms with Crippen molar-refractivity contribution in [3.05, 3.63) is 34.9 Å². The number of carbonyl (C=O) groups is 1. The van der Waals surface area contributed by atoms with Crippen LogP contribution in [0.2, 0.25) is 5.02 Å². The van der Waals surface area contributed by atoms with Crippen molar-refractivity contribution in [3.63, 3.8) is 0 Å². The van der Waals surface area contributed by atoms with Gasteiger partial charge < -0.3 is 15.1 Å². The highest BCUT2D eigenvalue weighted by molar-refractivity contribution is 6.31. The number of anilines is 1. The third-order valence-corrected chi connectivity index (χ3v) is 4.42. The van der Waals surface area contributed by atoms with E-state index >= 15 is 0 Å². The molecule has 2 N–H and O–H groups in total. The topological polar surface area (TPSA) is 73.7 Å². The van der Waals surface area contributed by atoms with E-state index in [1.807, 2.05) is 30.0 Å². The quantitative estimate of drug-likeness (QED) is 0.889. The highest BCUT2D eigenvalue weighted by Gasteiger charge is 2.33. The maximum absolute atomic E-state index is 11.2. The van der Waals surface area contributed by atoms with Gasteiger partial charge in [-0.3, -0.25) is 4.79 Å². The van der Waals surface area contributed by atoms with Crippen LogP contribution in [0.15, 0.2) is 24.3 Å². The number of nitrogens with zero attached hydrogens (tertiary/aromatic N) is 2. The third kappa shape index (κ3) is 2.74. The summed E-state index contributed by atoms with van der Waals surface area (Å²) < 4.78 is 0. The number of fused-ring (bicyclic) bond motifs is 1. The molecular weight excluding hydrogens is 304 g/mol. The predicted octanol–water partition coefficient (Wildman–Crippen LogP) is 2.47. The number of aliphatic carboxylic acids is 1. The molecule has 3 rings (SSSR count). The first kappa shape index (κ1) is 15.1. The van der Waals surface area contributed by atoms with E-state index in [4.69, 9.17) is 11.6 Å². The van der Waals surface area contributed by atoms with Gasteiger partial charge in [0.25, 0.3) is 0 Å². The van der Waals surface area contributed by atoms with Crippen LogP contribution in [0.5, 0.6) is 0 Å². The first-order valence-electron chi connectivity index (χ1n) is 7.18. The Morgan fingerprint density at radius 2 is 2.18 bits per heavy atom. The summed E-state index contributed by atoms with van der Waals surface area (Å²) in [5, 5.41) is 20.7. The van der Waals surface area contributed by atoms with Crippen LogP contribution in [0.4, 0.5) is 5.82 Å². The SMILES string of the molecule is Cc1cc(N2CC[C@H](O)[C@@H](C(=O)O)C2)nc2cc(Cl)ccc12. The summed E-state index contributed by atoms with van der Waals surface area (Å²) >= 11 is 6.03. The van der Waals surface area contributed by atoms with Gasteiger partial charge in [0.1, 0.15) is 11.7 Å². The molecule has 1 aromatic heterocycles. The molecule has 22 heavy (non-hydrogen) atoms. The van der Waals surface area contributed by atoms with Gasteiger partial charge in [0.15, 0.2) is 0 Å². The fourth-order valence-electron chi connectivity index (χ4n) is 2.91. The van der Waals surface area contributed by atoms with Gasteiger partial charge in [-0.05, 0) is 37.1 Å². The van der Waals surface area contributed by atoms with Crippen molar-refractivity contribution in [3.8, 4) is 0 Å². The summed E-state index contributed by atoms with van der Waals surface area (Å²) in [5.74, 6) is -1.03. The molecule has 0 radical (unpaired) electrons. The molecule has 6 heteroatoms. The summed E-state index contributed by atoms with van der Waals surface area (Å²) in [6, 6.07) is 7.52. The normalized spacial score (nSPS) is 22.0. The minimum absolute atomic E-state index is 0.259. The number of pyridine rings is 1. The lowest BCUT2D eigenvalue weighted by atomic mass is 9.95.